The quantitative estimate of drug-likeness (QED) is 0.347. The molecule has 1 aliphatic heterocycles. The summed E-state index contributed by atoms with van der Waals surface area (Å²) in [5, 5.41) is 0. The van der Waals surface area contributed by atoms with Crippen molar-refractivity contribution in [3.8, 4) is 0 Å². The first-order valence-corrected chi connectivity index (χ1v) is 11.1. The van der Waals surface area contributed by atoms with E-state index in [-0.39, 0.29) is 37.6 Å². The van der Waals surface area contributed by atoms with Crippen LogP contribution in [-0.2, 0) is 0 Å². The third kappa shape index (κ3) is 6.13. The van der Waals surface area contributed by atoms with E-state index < -0.39 is 18.0 Å². The summed E-state index contributed by atoms with van der Waals surface area (Å²) in [6.45, 7) is 2.64. The third-order valence-corrected chi connectivity index (χ3v) is 6.08. The number of hydrogen-bond acceptors (Lipinski definition) is 4. The lowest BCUT2D eigenvalue weighted by molar-refractivity contribution is -0.189. The second-order valence-corrected chi connectivity index (χ2v) is 8.25. The molecule has 0 spiro atoms. The molecule has 1 amide bonds. The minimum Gasteiger partial charge on any atom is -0.336 e. The molecule has 1 fully saturated rings. The van der Waals surface area contributed by atoms with Crippen molar-refractivity contribution in [3.05, 3.63) is 65.5 Å². The largest absolute Gasteiger partial charge is 0.408 e. The molecule has 168 valence electrons. The van der Waals surface area contributed by atoms with Gasteiger partial charge in [-0.1, -0.05) is 31.0 Å². The van der Waals surface area contributed by atoms with Crippen molar-refractivity contribution in [2.24, 2.45) is 0 Å². The van der Waals surface area contributed by atoms with Gasteiger partial charge in [0.2, 0.25) is 0 Å². The summed E-state index contributed by atoms with van der Waals surface area (Å²) in [6.07, 6.45) is -3.45. The number of carbonyl (C=O) groups is 1. The van der Waals surface area contributed by atoms with Gasteiger partial charge in [0.05, 0.1) is 0 Å². The molecule has 2 aromatic rings. The van der Waals surface area contributed by atoms with Crippen LogP contribution in [0.25, 0.3) is 0 Å². The van der Waals surface area contributed by atoms with Gasteiger partial charge in [0.15, 0.2) is 0 Å². The lowest BCUT2D eigenvalue weighted by Crippen LogP contribution is -2.52. The normalized spacial score (nSPS) is 16.2. The fourth-order valence-corrected chi connectivity index (χ4v) is 4.14. The molecule has 1 saturated heterocycles. The molecule has 31 heavy (non-hydrogen) atoms. The molecule has 0 aliphatic carbocycles. The van der Waals surface area contributed by atoms with Crippen LogP contribution in [-0.4, -0.2) is 53.8 Å². The molecule has 1 aliphatic rings. The first-order chi connectivity index (χ1) is 14.8. The van der Waals surface area contributed by atoms with E-state index in [1.807, 2.05) is 12.1 Å². The molecular formula is C22H25F4N3OS. The van der Waals surface area contributed by atoms with Gasteiger partial charge in [0.1, 0.15) is 11.9 Å². The van der Waals surface area contributed by atoms with Crippen molar-refractivity contribution in [2.45, 2.75) is 25.6 Å². The minimum atomic E-state index is -4.50. The molecule has 1 atom stereocenters. The van der Waals surface area contributed by atoms with Crippen molar-refractivity contribution in [2.75, 3.05) is 36.7 Å². The SMILES string of the molecule is CCCSNc1ccc(C(=O)N2CCN(C(c3ccc(F)cc3)C(F)(F)F)CC2)cc1. The highest BCUT2D eigenvalue weighted by atomic mass is 32.2. The van der Waals surface area contributed by atoms with Crippen LogP contribution in [0.15, 0.2) is 48.5 Å². The predicted molar refractivity (Wildman–Crippen MR) is 115 cm³/mol. The number of piperazine rings is 1. The fourth-order valence-electron chi connectivity index (χ4n) is 3.53. The maximum Gasteiger partial charge on any atom is 0.408 e. The number of alkyl halides is 3. The van der Waals surface area contributed by atoms with Gasteiger partial charge in [-0.15, -0.1) is 0 Å². The lowest BCUT2D eigenvalue weighted by Gasteiger charge is -2.40. The number of rotatable bonds is 7. The maximum atomic E-state index is 13.7. The van der Waals surface area contributed by atoms with Crippen LogP contribution in [0.3, 0.4) is 0 Å². The fraction of sp³-hybridized carbons (Fsp3) is 0.409. The molecule has 3 rings (SSSR count). The molecule has 2 aromatic carbocycles. The Morgan fingerprint density at radius 1 is 1.03 bits per heavy atom. The number of halogens is 4. The minimum absolute atomic E-state index is 0.00212. The Morgan fingerprint density at radius 3 is 2.19 bits per heavy atom. The highest BCUT2D eigenvalue weighted by molar-refractivity contribution is 8.00. The van der Waals surface area contributed by atoms with Crippen LogP contribution in [0.2, 0.25) is 0 Å². The molecule has 0 bridgehead atoms. The molecule has 1 N–H and O–H groups in total. The maximum absolute atomic E-state index is 13.7. The van der Waals surface area contributed by atoms with Gasteiger partial charge < -0.3 is 9.62 Å². The second-order valence-electron chi connectivity index (χ2n) is 7.35. The van der Waals surface area contributed by atoms with Gasteiger partial charge in [-0.3, -0.25) is 9.69 Å². The Labute approximate surface area is 183 Å². The van der Waals surface area contributed by atoms with Crippen molar-refractivity contribution in [1.29, 1.82) is 0 Å². The summed E-state index contributed by atoms with van der Waals surface area (Å²) in [4.78, 5) is 15.6. The summed E-state index contributed by atoms with van der Waals surface area (Å²) >= 11 is 1.59. The molecule has 0 saturated carbocycles. The van der Waals surface area contributed by atoms with E-state index >= 15 is 0 Å². The zero-order valence-corrected chi connectivity index (χ0v) is 18.0. The molecular weight excluding hydrogens is 430 g/mol. The highest BCUT2D eigenvalue weighted by Gasteiger charge is 2.45. The second kappa shape index (κ2) is 10.4. The predicted octanol–water partition coefficient (Wildman–Crippen LogP) is 5.36. The van der Waals surface area contributed by atoms with E-state index in [4.69, 9.17) is 0 Å². The Balaban J connectivity index is 1.62. The molecule has 0 aromatic heterocycles. The van der Waals surface area contributed by atoms with E-state index in [1.165, 1.54) is 17.0 Å². The van der Waals surface area contributed by atoms with E-state index in [1.54, 1.807) is 29.0 Å². The summed E-state index contributed by atoms with van der Waals surface area (Å²) in [5.74, 6) is 0.199. The summed E-state index contributed by atoms with van der Waals surface area (Å²) in [5.41, 5.74) is 1.40. The topological polar surface area (TPSA) is 35.6 Å². The summed E-state index contributed by atoms with van der Waals surface area (Å²) in [6, 6.07) is 9.66. The number of amides is 1. The van der Waals surface area contributed by atoms with E-state index in [9.17, 15) is 22.4 Å². The van der Waals surface area contributed by atoms with Crippen molar-refractivity contribution >= 4 is 23.5 Å². The van der Waals surface area contributed by atoms with Gasteiger partial charge in [-0.25, -0.2) is 4.39 Å². The van der Waals surface area contributed by atoms with E-state index in [0.29, 0.717) is 5.56 Å². The molecule has 4 nitrogen and oxygen atoms in total. The monoisotopic (exact) mass is 455 g/mol. The van der Waals surface area contributed by atoms with Crippen LogP contribution < -0.4 is 4.72 Å². The molecule has 0 radical (unpaired) electrons. The van der Waals surface area contributed by atoms with Gasteiger partial charge in [0.25, 0.3) is 5.91 Å². The molecule has 9 heteroatoms. The zero-order chi connectivity index (χ0) is 22.4. The van der Waals surface area contributed by atoms with Crippen LogP contribution in [0.1, 0.15) is 35.3 Å². The third-order valence-electron chi connectivity index (χ3n) is 5.09. The molecule has 1 unspecified atom stereocenters. The number of nitrogens with zero attached hydrogens (tertiary/aromatic N) is 2. The van der Waals surface area contributed by atoms with Crippen LogP contribution >= 0.6 is 11.9 Å². The Morgan fingerprint density at radius 2 is 1.65 bits per heavy atom. The standard InChI is InChI=1S/C22H25F4N3OS/c1-2-15-31-27-19-9-5-17(6-10-19)21(30)29-13-11-28(12-14-29)20(22(24,25)26)16-3-7-18(23)8-4-16/h3-10,20,27H,2,11-15H2,1H3. The average Bonchev–Trinajstić information content (AvgIpc) is 2.75. The van der Waals surface area contributed by atoms with Crippen molar-refractivity contribution in [1.82, 2.24) is 9.80 Å². The van der Waals surface area contributed by atoms with E-state index in [0.717, 1.165) is 30.0 Å². The number of hydrogen-bond donors (Lipinski definition) is 1. The Kier molecular flexibility index (Phi) is 7.83. The Bertz CT molecular complexity index is 851. The Hall–Kier alpha value is -2.26. The van der Waals surface area contributed by atoms with Crippen molar-refractivity contribution in [3.63, 3.8) is 0 Å². The first-order valence-electron chi connectivity index (χ1n) is 10.1. The van der Waals surface area contributed by atoms with Gasteiger partial charge in [-0.05, 0) is 48.4 Å². The van der Waals surface area contributed by atoms with Crippen LogP contribution in [0.4, 0.5) is 23.2 Å². The van der Waals surface area contributed by atoms with Gasteiger partial charge in [0, 0.05) is 43.2 Å². The summed E-state index contributed by atoms with van der Waals surface area (Å²) < 4.78 is 57.6. The van der Waals surface area contributed by atoms with Gasteiger partial charge in [-0.2, -0.15) is 13.2 Å². The van der Waals surface area contributed by atoms with E-state index in [2.05, 4.69) is 11.6 Å². The van der Waals surface area contributed by atoms with Crippen LogP contribution in [0.5, 0.6) is 0 Å². The summed E-state index contributed by atoms with van der Waals surface area (Å²) in [7, 11) is 0. The highest BCUT2D eigenvalue weighted by Crippen LogP contribution is 2.38. The number of nitrogens with one attached hydrogen (secondary N) is 1. The van der Waals surface area contributed by atoms with Crippen LogP contribution in [0, 0.1) is 5.82 Å². The lowest BCUT2D eigenvalue weighted by atomic mass is 10.0. The smallest absolute Gasteiger partial charge is 0.336 e. The van der Waals surface area contributed by atoms with Crippen molar-refractivity contribution < 1.29 is 22.4 Å². The zero-order valence-electron chi connectivity index (χ0n) is 17.2. The van der Waals surface area contributed by atoms with Gasteiger partial charge >= 0.3 is 6.18 Å². The number of anilines is 1. The molecule has 1 heterocycles. The average molecular weight is 456 g/mol. The number of carbonyl (C=O) groups excluding carboxylic acids is 1. The first kappa shape index (κ1) is 23.4. The number of benzene rings is 2.